The van der Waals surface area contributed by atoms with E-state index in [1.807, 2.05) is 6.07 Å². The number of halogens is 1. The maximum atomic E-state index is 12.9. The van der Waals surface area contributed by atoms with Gasteiger partial charge in [-0.3, -0.25) is 9.79 Å². The molecule has 2 fully saturated rings. The third-order valence-electron chi connectivity index (χ3n) is 5.84. The third kappa shape index (κ3) is 6.55. The highest BCUT2D eigenvalue weighted by atomic mass is 127. The molecule has 0 bridgehead atoms. The first-order valence-corrected chi connectivity index (χ1v) is 12.0. The van der Waals surface area contributed by atoms with Crippen molar-refractivity contribution in [2.75, 3.05) is 40.3 Å². The molecule has 2 heterocycles. The Balaban J connectivity index is 0.00000341. The summed E-state index contributed by atoms with van der Waals surface area (Å²) in [7, 11) is -0.291. The van der Waals surface area contributed by atoms with Crippen LogP contribution in [0.25, 0.3) is 0 Å². The van der Waals surface area contributed by atoms with E-state index in [1.165, 1.54) is 7.11 Å². The van der Waals surface area contributed by atoms with Crippen LogP contribution >= 0.6 is 24.0 Å². The van der Waals surface area contributed by atoms with E-state index in [0.29, 0.717) is 24.5 Å². The Hall–Kier alpha value is -1.40. The van der Waals surface area contributed by atoms with Crippen LogP contribution in [0, 0.1) is 5.92 Å². The van der Waals surface area contributed by atoms with Gasteiger partial charge in [-0.05, 0) is 43.4 Å². The molecule has 174 valence electrons. The Morgan fingerprint density at radius 2 is 1.84 bits per heavy atom. The molecule has 3 rings (SSSR count). The van der Waals surface area contributed by atoms with Gasteiger partial charge >= 0.3 is 5.97 Å². The van der Waals surface area contributed by atoms with Gasteiger partial charge < -0.3 is 15.0 Å². The number of ether oxygens (including phenoxy) is 1. The highest BCUT2D eigenvalue weighted by molar-refractivity contribution is 14.0. The van der Waals surface area contributed by atoms with Gasteiger partial charge in [-0.15, -0.1) is 24.0 Å². The molecule has 8 nitrogen and oxygen atoms in total. The lowest BCUT2D eigenvalue weighted by atomic mass is 9.97. The minimum Gasteiger partial charge on any atom is -0.469 e. The van der Waals surface area contributed by atoms with Crippen LogP contribution < -0.4 is 5.32 Å². The van der Waals surface area contributed by atoms with Crippen LogP contribution in [-0.2, 0) is 26.1 Å². The fraction of sp³-hybridized carbons (Fsp3) is 0.619. The van der Waals surface area contributed by atoms with Crippen LogP contribution in [0.1, 0.15) is 37.7 Å². The number of esters is 1. The molecule has 0 atom stereocenters. The average molecular weight is 564 g/mol. The van der Waals surface area contributed by atoms with E-state index in [-0.39, 0.29) is 35.9 Å². The number of sulfonamides is 1. The minimum absolute atomic E-state index is 0. The number of rotatable bonds is 5. The first-order chi connectivity index (χ1) is 14.5. The second-order valence-electron chi connectivity index (χ2n) is 7.80. The number of hydrogen-bond donors (Lipinski definition) is 1. The highest BCUT2D eigenvalue weighted by Crippen LogP contribution is 2.22. The van der Waals surface area contributed by atoms with E-state index in [4.69, 9.17) is 4.74 Å². The molecule has 0 radical (unpaired) electrons. The summed E-state index contributed by atoms with van der Waals surface area (Å²) >= 11 is 0. The van der Waals surface area contributed by atoms with Crippen molar-refractivity contribution in [2.45, 2.75) is 43.5 Å². The lowest BCUT2D eigenvalue weighted by Crippen LogP contribution is -2.46. The number of aliphatic imine (C=N–C) groups is 1. The summed E-state index contributed by atoms with van der Waals surface area (Å²) in [5.41, 5.74) is 0.888. The molecule has 0 unspecified atom stereocenters. The van der Waals surface area contributed by atoms with Crippen LogP contribution in [0.4, 0.5) is 0 Å². The van der Waals surface area contributed by atoms with Gasteiger partial charge in [0.2, 0.25) is 10.0 Å². The molecule has 2 saturated heterocycles. The van der Waals surface area contributed by atoms with Gasteiger partial charge in [-0.25, -0.2) is 8.42 Å². The predicted octanol–water partition coefficient (Wildman–Crippen LogP) is 2.44. The van der Waals surface area contributed by atoms with Gasteiger partial charge in [0.15, 0.2) is 5.96 Å². The smallest absolute Gasteiger partial charge is 0.308 e. The van der Waals surface area contributed by atoms with Gasteiger partial charge in [-0.1, -0.05) is 18.6 Å². The largest absolute Gasteiger partial charge is 0.469 e. The first-order valence-electron chi connectivity index (χ1n) is 10.6. The van der Waals surface area contributed by atoms with E-state index in [9.17, 15) is 13.2 Å². The van der Waals surface area contributed by atoms with Crippen molar-refractivity contribution in [1.82, 2.24) is 14.5 Å². The second-order valence-corrected chi connectivity index (χ2v) is 9.74. The Morgan fingerprint density at radius 3 is 2.45 bits per heavy atom. The summed E-state index contributed by atoms with van der Waals surface area (Å²) in [5.74, 6) is 0.549. The molecule has 31 heavy (non-hydrogen) atoms. The van der Waals surface area contributed by atoms with Gasteiger partial charge in [0.1, 0.15) is 0 Å². The summed E-state index contributed by atoms with van der Waals surface area (Å²) in [6.45, 7) is 3.12. The van der Waals surface area contributed by atoms with Crippen LogP contribution in [0.2, 0.25) is 0 Å². The maximum Gasteiger partial charge on any atom is 0.308 e. The van der Waals surface area contributed by atoms with Crippen molar-refractivity contribution in [2.24, 2.45) is 10.9 Å². The zero-order valence-electron chi connectivity index (χ0n) is 18.2. The molecule has 1 aromatic rings. The number of methoxy groups -OCH3 is 1. The van der Waals surface area contributed by atoms with Crippen molar-refractivity contribution < 1.29 is 17.9 Å². The molecular weight excluding hydrogens is 531 g/mol. The Labute approximate surface area is 202 Å². The standard InChI is InChI=1S/C21H32N4O4S.HI/c1-22-21(24-13-9-18(10-14-24)20(26)29-2)23-16-17-7-6-8-19(15-17)30(27,28)25-11-4-3-5-12-25;/h6-8,15,18H,3-5,9-14,16H2,1-2H3,(H,22,23);1H. The average Bonchev–Trinajstić information content (AvgIpc) is 2.80. The number of carbonyl (C=O) groups excluding carboxylic acids is 1. The maximum absolute atomic E-state index is 12.9. The number of nitrogens with one attached hydrogen (secondary N) is 1. The lowest BCUT2D eigenvalue weighted by Gasteiger charge is -2.33. The molecule has 0 amide bonds. The molecule has 0 spiro atoms. The molecule has 10 heteroatoms. The van der Waals surface area contributed by atoms with Crippen molar-refractivity contribution in [3.05, 3.63) is 29.8 Å². The Bertz CT molecular complexity index is 864. The predicted molar refractivity (Wildman–Crippen MR) is 131 cm³/mol. The summed E-state index contributed by atoms with van der Waals surface area (Å²) < 4.78 is 32.3. The molecule has 2 aliphatic heterocycles. The van der Waals surface area contributed by atoms with E-state index in [1.54, 1.807) is 29.6 Å². The van der Waals surface area contributed by atoms with Crippen molar-refractivity contribution in [3.8, 4) is 0 Å². The normalized spacial score (nSPS) is 18.9. The van der Waals surface area contributed by atoms with Crippen LogP contribution in [-0.4, -0.2) is 69.9 Å². The molecule has 0 aliphatic carbocycles. The Morgan fingerprint density at radius 1 is 1.16 bits per heavy atom. The van der Waals surface area contributed by atoms with Crippen LogP contribution in [0.5, 0.6) is 0 Å². The highest BCUT2D eigenvalue weighted by Gasteiger charge is 2.28. The topological polar surface area (TPSA) is 91.3 Å². The van der Waals surface area contributed by atoms with E-state index >= 15 is 0 Å². The van der Waals surface area contributed by atoms with E-state index in [2.05, 4.69) is 15.2 Å². The second kappa shape index (κ2) is 12.0. The molecule has 0 saturated carbocycles. The zero-order chi connectivity index (χ0) is 21.6. The molecule has 1 N–H and O–H groups in total. The molecule has 1 aromatic carbocycles. The summed E-state index contributed by atoms with van der Waals surface area (Å²) in [5, 5.41) is 3.32. The van der Waals surface area contributed by atoms with Gasteiger partial charge in [0, 0.05) is 39.8 Å². The summed E-state index contributed by atoms with van der Waals surface area (Å²) in [4.78, 5) is 18.5. The van der Waals surface area contributed by atoms with Gasteiger partial charge in [0.05, 0.1) is 17.9 Å². The number of carbonyl (C=O) groups is 1. The first kappa shape index (κ1) is 25.9. The molecule has 0 aromatic heterocycles. The fourth-order valence-corrected chi connectivity index (χ4v) is 5.67. The number of piperidine rings is 2. The number of benzene rings is 1. The van der Waals surface area contributed by atoms with E-state index < -0.39 is 10.0 Å². The molecular formula is C21H33IN4O4S. The number of hydrogen-bond acceptors (Lipinski definition) is 5. The SMILES string of the molecule is CN=C(NCc1cccc(S(=O)(=O)N2CCCCC2)c1)N1CCC(C(=O)OC)CC1.I. The monoisotopic (exact) mass is 564 g/mol. The minimum atomic E-state index is -3.44. The summed E-state index contributed by atoms with van der Waals surface area (Å²) in [6, 6.07) is 7.12. The van der Waals surface area contributed by atoms with Crippen molar-refractivity contribution in [1.29, 1.82) is 0 Å². The summed E-state index contributed by atoms with van der Waals surface area (Å²) in [6.07, 6.45) is 4.40. The lowest BCUT2D eigenvalue weighted by molar-refractivity contribution is -0.146. The number of guanidine groups is 1. The number of nitrogens with zero attached hydrogens (tertiary/aromatic N) is 3. The quantitative estimate of drug-likeness (QED) is 0.256. The van der Waals surface area contributed by atoms with Crippen LogP contribution in [0.15, 0.2) is 34.2 Å². The van der Waals surface area contributed by atoms with Gasteiger partial charge in [0.25, 0.3) is 0 Å². The van der Waals surface area contributed by atoms with Gasteiger partial charge in [-0.2, -0.15) is 4.31 Å². The third-order valence-corrected chi connectivity index (χ3v) is 7.74. The van der Waals surface area contributed by atoms with E-state index in [0.717, 1.165) is 56.7 Å². The Kier molecular flexibility index (Phi) is 10.0. The van der Waals surface area contributed by atoms with Crippen molar-refractivity contribution in [3.63, 3.8) is 0 Å². The van der Waals surface area contributed by atoms with Crippen LogP contribution in [0.3, 0.4) is 0 Å². The molecule has 2 aliphatic rings. The van der Waals surface area contributed by atoms with Crippen molar-refractivity contribution >= 4 is 45.9 Å². The fourth-order valence-electron chi connectivity index (χ4n) is 4.08. The zero-order valence-corrected chi connectivity index (χ0v) is 21.4. The number of likely N-dealkylation sites (tertiary alicyclic amines) is 1.